The molecule has 0 N–H and O–H groups in total. The predicted octanol–water partition coefficient (Wildman–Crippen LogP) is 2.66. The van der Waals surface area contributed by atoms with E-state index < -0.39 is 12.6 Å². The van der Waals surface area contributed by atoms with Gasteiger partial charge in [0.05, 0.1) is 0 Å². The Hall–Kier alpha value is 0.230. The fourth-order valence-corrected chi connectivity index (χ4v) is 0. The van der Waals surface area contributed by atoms with Crippen molar-refractivity contribution in [3.05, 3.63) is 0 Å². The highest BCUT2D eigenvalue weighted by Crippen LogP contribution is 2.22. The lowest BCUT2D eigenvalue weighted by atomic mass is 10.7. The van der Waals surface area contributed by atoms with E-state index in [0.29, 0.717) is 0 Å². The van der Waals surface area contributed by atoms with Crippen molar-refractivity contribution in [3.8, 4) is 0 Å². The molecule has 0 aromatic heterocycles. The molecule has 0 radical (unpaired) electrons. The van der Waals surface area contributed by atoms with E-state index in [4.69, 9.17) is 0 Å². The third-order valence-corrected chi connectivity index (χ3v) is 0.247. The molecule has 0 rings (SSSR count). The minimum absolute atomic E-state index is 0. The van der Waals surface area contributed by atoms with Crippen LogP contribution in [0.5, 0.6) is 0 Å². The van der Waals surface area contributed by atoms with E-state index in [1.165, 1.54) is 0 Å². The summed E-state index contributed by atoms with van der Waals surface area (Å²) in [5.74, 6) is 0. The number of alkyl halides is 5. The van der Waals surface area contributed by atoms with E-state index in [0.717, 1.165) is 0 Å². The van der Waals surface area contributed by atoms with Gasteiger partial charge in [-0.05, 0) is 0 Å². The monoisotopic (exact) mass is 192 g/mol. The van der Waals surface area contributed by atoms with Gasteiger partial charge in [0.15, 0.2) is 0 Å². The molecule has 0 atom stereocenters. The quantitative estimate of drug-likeness (QED) is 0.518. The average Bonchev–Trinajstić information content (AvgIpc) is 1.31. The Balaban J connectivity index is -0.000000180. The molecule has 0 aliphatic carbocycles. The van der Waals surface area contributed by atoms with Crippen molar-refractivity contribution >= 4 is 24.8 Å². The minimum Gasteiger partial charge on any atom is -0.200 e. The smallest absolute Gasteiger partial charge is 0.200 e. The third-order valence-electron chi connectivity index (χ3n) is 0.247. The molecule has 0 aliphatic rings. The second kappa shape index (κ2) is 5.05. The van der Waals surface area contributed by atoms with Gasteiger partial charge < -0.3 is 0 Å². The van der Waals surface area contributed by atoms with E-state index in [9.17, 15) is 22.0 Å². The van der Waals surface area contributed by atoms with Crippen LogP contribution in [-0.2, 0) is 0 Å². The molecule has 7 heteroatoms. The molecule has 0 saturated heterocycles. The highest BCUT2D eigenvalue weighted by molar-refractivity contribution is 5.85. The van der Waals surface area contributed by atoms with Crippen molar-refractivity contribution in [2.45, 2.75) is 12.6 Å². The second-order valence-electron chi connectivity index (χ2n) is 0.842. The number of rotatable bonds is 0. The van der Waals surface area contributed by atoms with Gasteiger partial charge in [0.2, 0.25) is 0 Å². The molecule has 0 aliphatic heterocycles. The largest absolute Gasteiger partial charge is 0.450 e. The Morgan fingerprint density at radius 2 is 1.00 bits per heavy atom. The van der Waals surface area contributed by atoms with Gasteiger partial charge in [-0.2, -0.15) is 13.2 Å². The summed E-state index contributed by atoms with van der Waals surface area (Å²) >= 11 is 0. The van der Waals surface area contributed by atoms with E-state index in [-0.39, 0.29) is 24.8 Å². The highest BCUT2D eigenvalue weighted by Gasteiger charge is 2.40. The first-order valence-electron chi connectivity index (χ1n) is 1.29. The highest BCUT2D eigenvalue weighted by atomic mass is 35.5. The molecular weight excluding hydrogens is 190 g/mol. The van der Waals surface area contributed by atoms with Crippen LogP contribution in [0.4, 0.5) is 22.0 Å². The maximum atomic E-state index is 10.4. The number of halogens is 7. The summed E-state index contributed by atoms with van der Waals surface area (Å²) in [5, 5.41) is 0. The van der Waals surface area contributed by atoms with Crippen molar-refractivity contribution in [1.29, 1.82) is 0 Å². The van der Waals surface area contributed by atoms with Crippen LogP contribution in [0.1, 0.15) is 0 Å². The molecule has 0 spiro atoms. The molecule has 0 unspecified atom stereocenters. The lowest BCUT2D eigenvalue weighted by Crippen LogP contribution is -2.18. The maximum Gasteiger partial charge on any atom is 0.450 e. The fraction of sp³-hybridized carbons (Fsp3) is 1.00. The van der Waals surface area contributed by atoms with Crippen LogP contribution in [0.25, 0.3) is 0 Å². The standard InChI is InChI=1S/C2HF5.2ClH/c3-1(4)2(5,6)7;;/h1H;2*1H. The van der Waals surface area contributed by atoms with Crippen LogP contribution >= 0.6 is 24.8 Å². The van der Waals surface area contributed by atoms with E-state index in [1.807, 2.05) is 0 Å². The zero-order valence-corrected chi connectivity index (χ0v) is 5.42. The first-order valence-corrected chi connectivity index (χ1v) is 1.29. The molecule has 60 valence electrons. The lowest BCUT2D eigenvalue weighted by molar-refractivity contribution is -0.219. The zero-order valence-electron chi connectivity index (χ0n) is 3.78. The Morgan fingerprint density at radius 3 is 1.00 bits per heavy atom. The van der Waals surface area contributed by atoms with Crippen LogP contribution in [0.15, 0.2) is 0 Å². The summed E-state index contributed by atoms with van der Waals surface area (Å²) in [6, 6.07) is 0. The fourth-order valence-electron chi connectivity index (χ4n) is 0. The van der Waals surface area contributed by atoms with Gasteiger partial charge in [-0.25, -0.2) is 8.78 Å². The summed E-state index contributed by atoms with van der Waals surface area (Å²) in [7, 11) is 0. The molecule has 0 heterocycles. The average molecular weight is 193 g/mol. The van der Waals surface area contributed by atoms with Crippen LogP contribution < -0.4 is 0 Å². The zero-order chi connectivity index (χ0) is 6.08. The Labute approximate surface area is 60.2 Å². The van der Waals surface area contributed by atoms with Crippen LogP contribution in [0, 0.1) is 0 Å². The molecule has 0 bridgehead atoms. The normalized spacial score (nSPS) is 10.0. The topological polar surface area (TPSA) is 0 Å². The van der Waals surface area contributed by atoms with Gasteiger partial charge >= 0.3 is 12.6 Å². The predicted molar refractivity (Wildman–Crippen MR) is 26.6 cm³/mol. The Morgan fingerprint density at radius 1 is 0.889 bits per heavy atom. The first kappa shape index (κ1) is 16.1. The van der Waals surface area contributed by atoms with Crippen molar-refractivity contribution in [3.63, 3.8) is 0 Å². The van der Waals surface area contributed by atoms with Crippen molar-refractivity contribution < 1.29 is 22.0 Å². The van der Waals surface area contributed by atoms with Crippen LogP contribution in [0.3, 0.4) is 0 Å². The van der Waals surface area contributed by atoms with Gasteiger partial charge in [-0.15, -0.1) is 24.8 Å². The van der Waals surface area contributed by atoms with Crippen LogP contribution in [0.2, 0.25) is 0 Å². The van der Waals surface area contributed by atoms with Gasteiger partial charge in [0.1, 0.15) is 0 Å². The van der Waals surface area contributed by atoms with Crippen molar-refractivity contribution in [2.24, 2.45) is 0 Å². The van der Waals surface area contributed by atoms with Crippen molar-refractivity contribution in [1.82, 2.24) is 0 Å². The number of hydrogen-bond donors (Lipinski definition) is 0. The summed E-state index contributed by atoms with van der Waals surface area (Å²) < 4.78 is 52.1. The molecular formula is C2H3Cl2F5. The van der Waals surface area contributed by atoms with Gasteiger partial charge in [-0.1, -0.05) is 0 Å². The molecule has 9 heavy (non-hydrogen) atoms. The Bertz CT molecular complexity index is 58.5. The number of hydrogen-bond acceptors (Lipinski definition) is 0. The third kappa shape index (κ3) is 8.23. The lowest BCUT2D eigenvalue weighted by Gasteiger charge is -2.00. The van der Waals surface area contributed by atoms with E-state index in [1.54, 1.807) is 0 Å². The molecule has 0 aromatic rings. The Kier molecular flexibility index (Phi) is 9.04. The molecule has 0 nitrogen and oxygen atoms in total. The van der Waals surface area contributed by atoms with Gasteiger partial charge in [0, 0.05) is 0 Å². The van der Waals surface area contributed by atoms with E-state index >= 15 is 0 Å². The summed E-state index contributed by atoms with van der Waals surface area (Å²) in [6.07, 6.45) is -9.53. The van der Waals surface area contributed by atoms with Gasteiger partial charge in [-0.3, -0.25) is 0 Å². The first-order chi connectivity index (χ1) is 2.94. The minimum atomic E-state index is -5.33. The SMILES string of the molecule is Cl.Cl.FC(F)C(F)(F)F. The van der Waals surface area contributed by atoms with Gasteiger partial charge in [0.25, 0.3) is 0 Å². The summed E-state index contributed by atoms with van der Waals surface area (Å²) in [5.41, 5.74) is 0. The summed E-state index contributed by atoms with van der Waals surface area (Å²) in [6.45, 7) is 0. The molecule has 0 fully saturated rings. The summed E-state index contributed by atoms with van der Waals surface area (Å²) in [4.78, 5) is 0. The van der Waals surface area contributed by atoms with Crippen LogP contribution in [-0.4, -0.2) is 12.6 Å². The second-order valence-corrected chi connectivity index (χ2v) is 0.842. The van der Waals surface area contributed by atoms with Crippen molar-refractivity contribution in [2.75, 3.05) is 0 Å². The van der Waals surface area contributed by atoms with E-state index in [2.05, 4.69) is 0 Å². The molecule has 0 saturated carbocycles. The molecule has 0 aromatic carbocycles. The maximum absolute atomic E-state index is 10.4. The molecule has 0 amide bonds.